The van der Waals surface area contributed by atoms with Crippen molar-refractivity contribution >= 4 is 29.9 Å². The first kappa shape index (κ1) is 27.4. The van der Waals surface area contributed by atoms with Crippen LogP contribution in [0.25, 0.3) is 0 Å². The van der Waals surface area contributed by atoms with Gasteiger partial charge < -0.3 is 19.9 Å². The first-order valence-electron chi connectivity index (χ1n) is 11.8. The summed E-state index contributed by atoms with van der Waals surface area (Å²) in [4.78, 5) is 7.35. The van der Waals surface area contributed by atoms with Crippen LogP contribution < -0.4 is 15.4 Å². The molecular formula is C24H40IN7O. The van der Waals surface area contributed by atoms with Crippen LogP contribution in [0.2, 0.25) is 0 Å². The minimum Gasteiger partial charge on any atom is -0.497 e. The van der Waals surface area contributed by atoms with Crippen LogP contribution in [-0.2, 0) is 13.6 Å². The van der Waals surface area contributed by atoms with Crippen LogP contribution >= 0.6 is 24.0 Å². The van der Waals surface area contributed by atoms with Crippen LogP contribution in [0, 0.1) is 6.92 Å². The Kier molecular flexibility index (Phi) is 11.4. The standard InChI is InChI=1S/C24H39N7O.HI/c1-6-31-15-7-8-21(31)16-26-24(27-17-23-29-28-19(3)30(23)4)25-14-13-18(2)20-9-11-22(32-5)12-10-20;/h9-12,18,21H,6-8,13-17H2,1-5H3,(H2,25,26,27);1H. The lowest BCUT2D eigenvalue weighted by Gasteiger charge is -2.24. The second-order valence-electron chi connectivity index (χ2n) is 8.58. The highest BCUT2D eigenvalue weighted by atomic mass is 127. The number of nitrogens with zero attached hydrogens (tertiary/aromatic N) is 5. The van der Waals surface area contributed by atoms with Crippen molar-refractivity contribution in [1.29, 1.82) is 0 Å². The maximum Gasteiger partial charge on any atom is 0.191 e. The van der Waals surface area contributed by atoms with Crippen LogP contribution in [0.5, 0.6) is 5.75 Å². The summed E-state index contributed by atoms with van der Waals surface area (Å²) in [5, 5.41) is 15.5. The Hall–Kier alpha value is -1.88. The van der Waals surface area contributed by atoms with Gasteiger partial charge >= 0.3 is 0 Å². The first-order valence-corrected chi connectivity index (χ1v) is 11.8. The van der Waals surface area contributed by atoms with Gasteiger partial charge in [-0.15, -0.1) is 34.2 Å². The third-order valence-electron chi connectivity index (χ3n) is 6.53. The smallest absolute Gasteiger partial charge is 0.191 e. The van der Waals surface area contributed by atoms with Crippen molar-refractivity contribution in [2.45, 2.75) is 58.5 Å². The summed E-state index contributed by atoms with van der Waals surface area (Å²) in [7, 11) is 3.68. The SMILES string of the molecule is CCN1CCCC1CNC(=NCc1nnc(C)n1C)NCCC(C)c1ccc(OC)cc1.I. The molecule has 2 N–H and O–H groups in total. The number of hydrogen-bond acceptors (Lipinski definition) is 5. The van der Waals surface area contributed by atoms with E-state index in [1.165, 1.54) is 24.9 Å². The Morgan fingerprint density at radius 2 is 2.00 bits per heavy atom. The largest absolute Gasteiger partial charge is 0.497 e. The quantitative estimate of drug-likeness (QED) is 0.259. The predicted octanol–water partition coefficient (Wildman–Crippen LogP) is 3.46. The molecule has 2 heterocycles. The highest BCUT2D eigenvalue weighted by molar-refractivity contribution is 14.0. The molecule has 1 aromatic heterocycles. The van der Waals surface area contributed by atoms with E-state index in [0.29, 0.717) is 18.5 Å². The minimum atomic E-state index is 0. The molecule has 1 aromatic carbocycles. The van der Waals surface area contributed by atoms with Gasteiger partial charge in [-0.05, 0) is 62.9 Å². The number of ether oxygens (including phenoxy) is 1. The molecule has 33 heavy (non-hydrogen) atoms. The molecule has 0 bridgehead atoms. The molecule has 2 atom stereocenters. The summed E-state index contributed by atoms with van der Waals surface area (Å²) in [6.07, 6.45) is 3.53. The number of likely N-dealkylation sites (tertiary alicyclic amines) is 1. The molecule has 0 aliphatic carbocycles. The van der Waals surface area contributed by atoms with Crippen LogP contribution in [0.15, 0.2) is 29.3 Å². The van der Waals surface area contributed by atoms with Crippen molar-refractivity contribution in [2.75, 3.05) is 33.3 Å². The van der Waals surface area contributed by atoms with Crippen LogP contribution in [0.1, 0.15) is 56.2 Å². The zero-order valence-corrected chi connectivity index (χ0v) is 23.0. The van der Waals surface area contributed by atoms with E-state index < -0.39 is 0 Å². The molecule has 9 heteroatoms. The highest BCUT2D eigenvalue weighted by Crippen LogP contribution is 2.21. The molecule has 2 unspecified atom stereocenters. The topological polar surface area (TPSA) is 79.6 Å². The second kappa shape index (κ2) is 13.7. The number of aliphatic imine (C=N–C) groups is 1. The fourth-order valence-corrected chi connectivity index (χ4v) is 4.18. The van der Waals surface area contributed by atoms with Gasteiger partial charge in [0.15, 0.2) is 11.8 Å². The van der Waals surface area contributed by atoms with Crippen molar-refractivity contribution < 1.29 is 4.74 Å². The predicted molar refractivity (Wildman–Crippen MR) is 145 cm³/mol. The van der Waals surface area contributed by atoms with Gasteiger partial charge in [0.1, 0.15) is 18.1 Å². The fraction of sp³-hybridized carbons (Fsp3) is 0.625. The van der Waals surface area contributed by atoms with E-state index in [9.17, 15) is 0 Å². The average Bonchev–Trinajstić information content (AvgIpc) is 3.41. The molecule has 0 spiro atoms. The lowest BCUT2D eigenvalue weighted by molar-refractivity contribution is 0.267. The average molecular weight is 570 g/mol. The molecule has 0 amide bonds. The number of nitrogens with one attached hydrogen (secondary N) is 2. The molecule has 184 valence electrons. The van der Waals surface area contributed by atoms with Gasteiger partial charge in [0.25, 0.3) is 0 Å². The number of guanidine groups is 1. The number of halogens is 1. The number of hydrogen-bond donors (Lipinski definition) is 2. The van der Waals surface area contributed by atoms with E-state index in [0.717, 1.165) is 49.4 Å². The Bertz CT molecular complexity index is 868. The third-order valence-corrected chi connectivity index (χ3v) is 6.53. The van der Waals surface area contributed by atoms with Gasteiger partial charge in [-0.25, -0.2) is 4.99 Å². The molecule has 2 aromatic rings. The van der Waals surface area contributed by atoms with E-state index >= 15 is 0 Å². The maximum atomic E-state index is 5.27. The second-order valence-corrected chi connectivity index (χ2v) is 8.58. The first-order chi connectivity index (χ1) is 15.5. The molecule has 3 rings (SSSR count). The van der Waals surface area contributed by atoms with Crippen LogP contribution in [0.3, 0.4) is 0 Å². The van der Waals surface area contributed by atoms with E-state index in [4.69, 9.17) is 9.73 Å². The zero-order valence-electron chi connectivity index (χ0n) is 20.7. The summed E-state index contributed by atoms with van der Waals surface area (Å²) in [5.41, 5.74) is 1.32. The fourth-order valence-electron chi connectivity index (χ4n) is 4.18. The summed E-state index contributed by atoms with van der Waals surface area (Å²) >= 11 is 0. The minimum absolute atomic E-state index is 0. The molecule has 0 saturated carbocycles. The van der Waals surface area contributed by atoms with Gasteiger partial charge in [0.2, 0.25) is 0 Å². The van der Waals surface area contributed by atoms with Gasteiger partial charge in [0.05, 0.1) is 7.11 Å². The summed E-state index contributed by atoms with van der Waals surface area (Å²) in [6.45, 7) is 11.0. The van der Waals surface area contributed by atoms with Gasteiger partial charge in [-0.1, -0.05) is 26.0 Å². The summed E-state index contributed by atoms with van der Waals surface area (Å²) in [5.74, 6) is 3.95. The van der Waals surface area contributed by atoms with E-state index in [1.54, 1.807) is 7.11 Å². The molecule has 8 nitrogen and oxygen atoms in total. The van der Waals surface area contributed by atoms with Crippen molar-refractivity contribution in [3.05, 3.63) is 41.5 Å². The number of rotatable bonds is 10. The maximum absolute atomic E-state index is 5.27. The van der Waals surface area contributed by atoms with Crippen molar-refractivity contribution in [3.8, 4) is 5.75 Å². The molecule has 1 fully saturated rings. The molecule has 1 aliphatic heterocycles. The number of methoxy groups -OCH3 is 1. The lowest BCUT2D eigenvalue weighted by Crippen LogP contribution is -2.45. The normalized spacial score (nSPS) is 17.5. The lowest BCUT2D eigenvalue weighted by atomic mass is 9.98. The Balaban J connectivity index is 0.00000385. The number of aromatic nitrogens is 3. The van der Waals surface area contributed by atoms with Crippen LogP contribution in [0.4, 0.5) is 0 Å². The van der Waals surface area contributed by atoms with Crippen molar-refractivity contribution in [3.63, 3.8) is 0 Å². The van der Waals surface area contributed by atoms with Gasteiger partial charge in [0, 0.05) is 26.2 Å². The Labute approximate surface area is 215 Å². The number of likely N-dealkylation sites (N-methyl/N-ethyl adjacent to an activating group) is 1. The molecule has 0 radical (unpaired) electrons. The van der Waals surface area contributed by atoms with Gasteiger partial charge in [-0.2, -0.15) is 0 Å². The Morgan fingerprint density at radius 1 is 1.24 bits per heavy atom. The number of aryl methyl sites for hydroxylation is 1. The Morgan fingerprint density at radius 3 is 2.64 bits per heavy atom. The highest BCUT2D eigenvalue weighted by Gasteiger charge is 2.22. The monoisotopic (exact) mass is 569 g/mol. The van der Waals surface area contributed by atoms with Gasteiger partial charge in [-0.3, -0.25) is 4.90 Å². The third kappa shape index (κ3) is 7.84. The molecular weight excluding hydrogens is 529 g/mol. The number of benzene rings is 1. The van der Waals surface area contributed by atoms with Crippen LogP contribution in [-0.4, -0.2) is 65.0 Å². The molecule has 1 saturated heterocycles. The van der Waals surface area contributed by atoms with Crippen molar-refractivity contribution in [2.24, 2.45) is 12.0 Å². The molecule has 1 aliphatic rings. The summed E-state index contributed by atoms with van der Waals surface area (Å²) < 4.78 is 7.26. The summed E-state index contributed by atoms with van der Waals surface area (Å²) in [6, 6.07) is 8.91. The van der Waals surface area contributed by atoms with Crippen molar-refractivity contribution in [1.82, 2.24) is 30.3 Å². The van der Waals surface area contributed by atoms with E-state index in [2.05, 4.69) is 51.7 Å². The van der Waals surface area contributed by atoms with E-state index in [-0.39, 0.29) is 24.0 Å². The van der Waals surface area contributed by atoms with E-state index in [1.807, 2.05) is 30.7 Å². The zero-order chi connectivity index (χ0) is 22.9.